The van der Waals surface area contributed by atoms with Gasteiger partial charge in [-0.3, -0.25) is 0 Å². The standard InChI is InChI=1S/C13H20ClNO3/c1-4-18-8-10(16)7-15-12-5-9(2)11(14)6-13(12)17-3/h5-6,10,15-16H,4,7-8H2,1-3H3. The first kappa shape index (κ1) is 15.1. The summed E-state index contributed by atoms with van der Waals surface area (Å²) >= 11 is 6.02. The van der Waals surface area contributed by atoms with Gasteiger partial charge in [-0.15, -0.1) is 0 Å². The van der Waals surface area contributed by atoms with Crippen molar-refractivity contribution in [3.63, 3.8) is 0 Å². The summed E-state index contributed by atoms with van der Waals surface area (Å²) in [5, 5.41) is 13.5. The van der Waals surface area contributed by atoms with Crippen LogP contribution in [-0.4, -0.2) is 38.1 Å². The van der Waals surface area contributed by atoms with Gasteiger partial charge in [0.1, 0.15) is 5.75 Å². The molecule has 0 saturated carbocycles. The summed E-state index contributed by atoms with van der Waals surface area (Å²) in [5.41, 5.74) is 1.77. The van der Waals surface area contributed by atoms with Crippen LogP contribution in [-0.2, 0) is 4.74 Å². The Morgan fingerprint density at radius 2 is 2.17 bits per heavy atom. The van der Waals surface area contributed by atoms with E-state index in [1.165, 1.54) is 0 Å². The first-order valence-electron chi connectivity index (χ1n) is 5.92. The third-order valence-corrected chi connectivity index (χ3v) is 2.93. The summed E-state index contributed by atoms with van der Waals surface area (Å²) < 4.78 is 10.4. The fourth-order valence-electron chi connectivity index (χ4n) is 1.51. The van der Waals surface area contributed by atoms with Crippen LogP contribution in [0.15, 0.2) is 12.1 Å². The molecular weight excluding hydrogens is 254 g/mol. The Balaban J connectivity index is 2.63. The fraction of sp³-hybridized carbons (Fsp3) is 0.538. The normalized spacial score (nSPS) is 12.3. The minimum absolute atomic E-state index is 0.318. The topological polar surface area (TPSA) is 50.7 Å². The number of nitrogens with one attached hydrogen (secondary N) is 1. The van der Waals surface area contributed by atoms with Crippen molar-refractivity contribution in [3.05, 3.63) is 22.7 Å². The highest BCUT2D eigenvalue weighted by molar-refractivity contribution is 6.31. The van der Waals surface area contributed by atoms with Crippen molar-refractivity contribution >= 4 is 17.3 Å². The molecular formula is C13H20ClNO3. The molecule has 2 N–H and O–H groups in total. The summed E-state index contributed by atoms with van der Waals surface area (Å²) in [5.74, 6) is 0.661. The van der Waals surface area contributed by atoms with Gasteiger partial charge in [0.15, 0.2) is 0 Å². The van der Waals surface area contributed by atoms with Gasteiger partial charge < -0.3 is 19.9 Å². The molecule has 1 aromatic carbocycles. The smallest absolute Gasteiger partial charge is 0.143 e. The molecule has 0 aliphatic rings. The molecule has 0 spiro atoms. The first-order chi connectivity index (χ1) is 8.58. The third-order valence-electron chi connectivity index (χ3n) is 2.52. The number of rotatable bonds is 7. The van der Waals surface area contributed by atoms with E-state index in [2.05, 4.69) is 5.32 Å². The van der Waals surface area contributed by atoms with Gasteiger partial charge >= 0.3 is 0 Å². The Labute approximate surface area is 113 Å². The highest BCUT2D eigenvalue weighted by atomic mass is 35.5. The molecule has 18 heavy (non-hydrogen) atoms. The van der Waals surface area contributed by atoms with Crippen LogP contribution in [0.5, 0.6) is 5.75 Å². The number of benzene rings is 1. The number of hydrogen-bond donors (Lipinski definition) is 2. The van der Waals surface area contributed by atoms with E-state index in [4.69, 9.17) is 21.1 Å². The van der Waals surface area contributed by atoms with Crippen LogP contribution in [0.4, 0.5) is 5.69 Å². The molecule has 1 unspecified atom stereocenters. The largest absolute Gasteiger partial charge is 0.495 e. The van der Waals surface area contributed by atoms with Crippen molar-refractivity contribution in [2.45, 2.75) is 20.0 Å². The molecule has 0 amide bonds. The summed E-state index contributed by atoms with van der Waals surface area (Å²) in [6.07, 6.45) is -0.550. The van der Waals surface area contributed by atoms with Crippen molar-refractivity contribution in [1.82, 2.24) is 0 Å². The van der Waals surface area contributed by atoms with Gasteiger partial charge in [0.25, 0.3) is 0 Å². The highest BCUT2D eigenvalue weighted by Crippen LogP contribution is 2.30. The molecule has 5 heteroatoms. The van der Waals surface area contributed by atoms with Crippen LogP contribution in [0, 0.1) is 6.92 Å². The summed E-state index contributed by atoms with van der Waals surface area (Å²) in [6.45, 7) is 5.13. The molecule has 0 bridgehead atoms. The van der Waals surface area contributed by atoms with E-state index in [0.717, 1.165) is 11.3 Å². The number of ether oxygens (including phenoxy) is 2. The van der Waals surface area contributed by atoms with Crippen molar-refractivity contribution in [2.24, 2.45) is 0 Å². The van der Waals surface area contributed by atoms with Crippen LogP contribution in [0.3, 0.4) is 0 Å². The number of aryl methyl sites for hydroxylation is 1. The van der Waals surface area contributed by atoms with Crippen molar-refractivity contribution in [1.29, 1.82) is 0 Å². The van der Waals surface area contributed by atoms with Crippen LogP contribution in [0.1, 0.15) is 12.5 Å². The highest BCUT2D eigenvalue weighted by Gasteiger charge is 2.09. The predicted molar refractivity (Wildman–Crippen MR) is 73.7 cm³/mol. The van der Waals surface area contributed by atoms with E-state index in [-0.39, 0.29) is 0 Å². The minimum atomic E-state index is -0.550. The Hall–Kier alpha value is -0.970. The van der Waals surface area contributed by atoms with E-state index in [0.29, 0.717) is 30.5 Å². The molecule has 1 atom stereocenters. The molecule has 0 saturated heterocycles. The number of aliphatic hydroxyl groups excluding tert-OH is 1. The first-order valence-corrected chi connectivity index (χ1v) is 6.30. The van der Waals surface area contributed by atoms with Crippen molar-refractivity contribution < 1.29 is 14.6 Å². The van der Waals surface area contributed by atoms with E-state index in [1.807, 2.05) is 19.9 Å². The van der Waals surface area contributed by atoms with E-state index < -0.39 is 6.10 Å². The average molecular weight is 274 g/mol. The zero-order chi connectivity index (χ0) is 13.5. The SMILES string of the molecule is CCOCC(O)CNc1cc(C)c(Cl)cc1OC. The second-order valence-electron chi connectivity index (χ2n) is 4.00. The van der Waals surface area contributed by atoms with Crippen LogP contribution < -0.4 is 10.1 Å². The second kappa shape index (κ2) is 7.46. The average Bonchev–Trinajstić information content (AvgIpc) is 2.37. The fourth-order valence-corrected chi connectivity index (χ4v) is 1.66. The molecule has 0 fully saturated rings. The molecule has 102 valence electrons. The Bertz CT molecular complexity index is 385. The lowest BCUT2D eigenvalue weighted by atomic mass is 10.2. The van der Waals surface area contributed by atoms with Gasteiger partial charge in [-0.05, 0) is 25.5 Å². The monoisotopic (exact) mass is 273 g/mol. The summed E-state index contributed by atoms with van der Waals surface area (Å²) in [4.78, 5) is 0. The number of methoxy groups -OCH3 is 1. The third kappa shape index (κ3) is 4.37. The quantitative estimate of drug-likeness (QED) is 0.801. The predicted octanol–water partition coefficient (Wildman–Crippen LogP) is 2.47. The van der Waals surface area contributed by atoms with Crippen molar-refractivity contribution in [3.8, 4) is 5.75 Å². The molecule has 4 nitrogen and oxygen atoms in total. The zero-order valence-electron chi connectivity index (χ0n) is 11.0. The molecule has 0 radical (unpaired) electrons. The Morgan fingerprint density at radius 1 is 1.44 bits per heavy atom. The lowest BCUT2D eigenvalue weighted by Crippen LogP contribution is -2.25. The van der Waals surface area contributed by atoms with E-state index in [9.17, 15) is 5.11 Å². The molecule has 0 heterocycles. The molecule has 0 aliphatic carbocycles. The maximum atomic E-state index is 9.67. The Kier molecular flexibility index (Phi) is 6.25. The molecule has 0 aromatic heterocycles. The van der Waals surface area contributed by atoms with Gasteiger partial charge in [-0.2, -0.15) is 0 Å². The molecule has 1 aromatic rings. The zero-order valence-corrected chi connectivity index (χ0v) is 11.8. The maximum Gasteiger partial charge on any atom is 0.143 e. The van der Waals surface area contributed by atoms with Crippen LogP contribution >= 0.6 is 11.6 Å². The minimum Gasteiger partial charge on any atom is -0.495 e. The second-order valence-corrected chi connectivity index (χ2v) is 4.40. The Morgan fingerprint density at radius 3 is 2.78 bits per heavy atom. The van der Waals surface area contributed by atoms with Crippen molar-refractivity contribution in [2.75, 3.05) is 32.2 Å². The van der Waals surface area contributed by atoms with E-state index in [1.54, 1.807) is 13.2 Å². The van der Waals surface area contributed by atoms with Gasteiger partial charge in [-0.1, -0.05) is 11.6 Å². The summed E-state index contributed by atoms with van der Waals surface area (Å²) in [7, 11) is 1.59. The maximum absolute atomic E-state index is 9.67. The molecule has 1 rings (SSSR count). The van der Waals surface area contributed by atoms with Gasteiger partial charge in [-0.25, -0.2) is 0 Å². The van der Waals surface area contributed by atoms with Gasteiger partial charge in [0, 0.05) is 24.2 Å². The van der Waals surface area contributed by atoms with Crippen LogP contribution in [0.2, 0.25) is 5.02 Å². The van der Waals surface area contributed by atoms with Gasteiger partial charge in [0.2, 0.25) is 0 Å². The number of halogens is 1. The lowest BCUT2D eigenvalue weighted by Gasteiger charge is -2.16. The number of aliphatic hydroxyl groups is 1. The van der Waals surface area contributed by atoms with Gasteiger partial charge in [0.05, 0.1) is 25.5 Å². The van der Waals surface area contributed by atoms with Crippen LogP contribution in [0.25, 0.3) is 0 Å². The summed E-state index contributed by atoms with van der Waals surface area (Å²) in [6, 6.07) is 3.66. The van der Waals surface area contributed by atoms with E-state index >= 15 is 0 Å². The molecule has 0 aliphatic heterocycles. The lowest BCUT2D eigenvalue weighted by molar-refractivity contribution is 0.0495. The number of anilines is 1. The number of hydrogen-bond acceptors (Lipinski definition) is 4.